The van der Waals surface area contributed by atoms with Crippen molar-refractivity contribution in [3.05, 3.63) is 83.3 Å². The monoisotopic (exact) mass is 634 g/mol. The lowest BCUT2D eigenvalue weighted by atomic mass is 9.90. The van der Waals surface area contributed by atoms with Gasteiger partial charge in [-0.3, -0.25) is 14.3 Å². The van der Waals surface area contributed by atoms with Crippen molar-refractivity contribution in [1.29, 1.82) is 0 Å². The summed E-state index contributed by atoms with van der Waals surface area (Å²) in [6.07, 6.45) is 4.97. The van der Waals surface area contributed by atoms with E-state index in [0.717, 1.165) is 76.6 Å². The molecule has 1 saturated carbocycles. The van der Waals surface area contributed by atoms with Crippen molar-refractivity contribution in [1.82, 2.24) is 20.1 Å². The highest BCUT2D eigenvalue weighted by atomic mass is 19.1. The molecule has 2 aromatic heterocycles. The maximum absolute atomic E-state index is 14.9. The lowest BCUT2D eigenvalue weighted by Crippen LogP contribution is -2.50. The number of morpholine rings is 1. The van der Waals surface area contributed by atoms with Crippen LogP contribution in [0.1, 0.15) is 54.1 Å². The van der Waals surface area contributed by atoms with Crippen LogP contribution in [-0.4, -0.2) is 63.6 Å². The smallest absolute Gasteiger partial charge is 0.258 e. The van der Waals surface area contributed by atoms with Gasteiger partial charge in [-0.15, -0.1) is 0 Å². The summed E-state index contributed by atoms with van der Waals surface area (Å²) < 4.78 is 22.6. The zero-order valence-corrected chi connectivity index (χ0v) is 26.9. The van der Waals surface area contributed by atoms with E-state index in [2.05, 4.69) is 49.9 Å². The molecule has 0 unspecified atom stereocenters. The minimum atomic E-state index is -1.89. The summed E-state index contributed by atoms with van der Waals surface area (Å²) in [6.45, 7) is 5.60. The Morgan fingerprint density at radius 2 is 1.81 bits per heavy atom. The quantitative estimate of drug-likeness (QED) is 0.269. The van der Waals surface area contributed by atoms with Crippen LogP contribution in [0.3, 0.4) is 0 Å². The number of amides is 2. The van der Waals surface area contributed by atoms with Crippen LogP contribution in [0.4, 0.5) is 15.9 Å². The summed E-state index contributed by atoms with van der Waals surface area (Å²) in [6, 6.07) is 17.6. The zero-order chi connectivity index (χ0) is 32.4. The van der Waals surface area contributed by atoms with Crippen LogP contribution in [0.15, 0.2) is 60.8 Å². The number of rotatable bonds is 8. The molecule has 2 amide bonds. The van der Waals surface area contributed by atoms with Crippen LogP contribution < -0.4 is 15.5 Å². The van der Waals surface area contributed by atoms with E-state index >= 15 is 0 Å². The van der Waals surface area contributed by atoms with Gasteiger partial charge >= 0.3 is 0 Å². The third-order valence-electron chi connectivity index (χ3n) is 10.6. The number of nitrogens with one attached hydrogen (secondary N) is 2. The molecule has 4 aromatic rings. The molecule has 9 nitrogen and oxygen atoms in total. The third kappa shape index (κ3) is 5.38. The van der Waals surface area contributed by atoms with Crippen molar-refractivity contribution < 1.29 is 18.7 Å². The SMILES string of the molecule is Cc1nn(C)c(C)c1-c1ccc(NC(=O)[C@@H](NC(=O)C2(F)CC2)[C@@H]2CCc3ccc(-c4ccnc(N5C[C@@H]6C[C@H]5CO6)c4)cc32)cc1. The van der Waals surface area contributed by atoms with Gasteiger partial charge in [0.1, 0.15) is 11.9 Å². The molecule has 4 aliphatic rings. The molecule has 2 aliphatic carbocycles. The molecule has 2 aromatic carbocycles. The van der Waals surface area contributed by atoms with Gasteiger partial charge in [0.05, 0.1) is 24.4 Å². The molecule has 2 aliphatic heterocycles. The molecule has 4 heterocycles. The fourth-order valence-corrected chi connectivity index (χ4v) is 7.68. The number of nitrogens with zero attached hydrogens (tertiary/aromatic N) is 4. The summed E-state index contributed by atoms with van der Waals surface area (Å²) in [5.41, 5.74) is 6.99. The first-order chi connectivity index (χ1) is 22.7. The van der Waals surface area contributed by atoms with Crippen LogP contribution >= 0.6 is 0 Å². The fraction of sp³-hybridized carbons (Fsp3) is 0.405. The first-order valence-corrected chi connectivity index (χ1v) is 16.6. The lowest BCUT2D eigenvalue weighted by Gasteiger charge is -2.28. The molecule has 242 valence electrons. The Balaban J connectivity index is 1.06. The molecule has 10 heteroatoms. The topological polar surface area (TPSA) is 101 Å². The van der Waals surface area contributed by atoms with Gasteiger partial charge in [-0.25, -0.2) is 9.37 Å². The molecule has 2 saturated heterocycles. The van der Waals surface area contributed by atoms with Gasteiger partial charge in [-0.05, 0) is 98.0 Å². The normalized spacial score (nSPS) is 22.6. The summed E-state index contributed by atoms with van der Waals surface area (Å²) in [7, 11) is 1.92. The van der Waals surface area contributed by atoms with Gasteiger partial charge in [0.25, 0.3) is 5.91 Å². The van der Waals surface area contributed by atoms with Crippen LogP contribution in [-0.2, 0) is 27.8 Å². The van der Waals surface area contributed by atoms with E-state index in [1.54, 1.807) is 0 Å². The molecule has 8 rings (SSSR count). The number of pyridine rings is 1. The number of carbonyl (C=O) groups excluding carboxylic acids is 2. The first-order valence-electron chi connectivity index (χ1n) is 16.6. The maximum Gasteiger partial charge on any atom is 0.258 e. The number of hydrogen-bond acceptors (Lipinski definition) is 6. The van der Waals surface area contributed by atoms with Gasteiger partial charge in [-0.2, -0.15) is 5.10 Å². The first kappa shape index (κ1) is 29.8. The van der Waals surface area contributed by atoms with Crippen LogP contribution in [0.25, 0.3) is 22.3 Å². The average Bonchev–Trinajstić information content (AvgIpc) is 3.43. The van der Waals surface area contributed by atoms with Gasteiger partial charge in [0, 0.05) is 42.7 Å². The van der Waals surface area contributed by atoms with E-state index in [0.29, 0.717) is 18.2 Å². The lowest BCUT2D eigenvalue weighted by molar-refractivity contribution is -0.131. The second-order valence-electron chi connectivity index (χ2n) is 13.6. The average molecular weight is 635 g/mol. The largest absolute Gasteiger partial charge is 0.374 e. The molecular formula is C37H39FN6O3. The highest BCUT2D eigenvalue weighted by Crippen LogP contribution is 2.42. The number of hydrogen-bond donors (Lipinski definition) is 2. The van der Waals surface area contributed by atoms with E-state index in [-0.39, 0.29) is 30.8 Å². The Bertz CT molecular complexity index is 1880. The van der Waals surface area contributed by atoms with E-state index in [4.69, 9.17) is 4.74 Å². The summed E-state index contributed by atoms with van der Waals surface area (Å²) in [4.78, 5) is 34.0. The Kier molecular flexibility index (Phi) is 7.16. The number of carbonyl (C=O) groups is 2. The minimum absolute atomic E-state index is 0.183. The van der Waals surface area contributed by atoms with Crippen LogP contribution in [0.2, 0.25) is 0 Å². The standard InChI is InChI=1S/C37H39FN6O3/c1-21-33(22(2)43(3)42-21)24-6-9-27(10-7-24)40-35(45)34(41-36(46)37(38)13-14-37)30-11-8-23-4-5-25(16-31(23)30)26-12-15-39-32(17-26)44-19-29-18-28(44)20-47-29/h4-7,9-10,12,15-17,28-30,34H,8,11,13-14,18-20H2,1-3H3,(H,40,45)(H,41,46)/t28-,29-,30+,34-/m0/s1. The maximum atomic E-state index is 14.9. The molecule has 3 fully saturated rings. The van der Waals surface area contributed by atoms with E-state index in [9.17, 15) is 14.0 Å². The summed E-state index contributed by atoms with van der Waals surface area (Å²) in [5.74, 6) is -0.422. The number of alkyl halides is 1. The summed E-state index contributed by atoms with van der Waals surface area (Å²) in [5, 5.41) is 10.4. The molecule has 2 bridgehead atoms. The Hall–Kier alpha value is -4.57. The van der Waals surface area contributed by atoms with Crippen LogP contribution in [0.5, 0.6) is 0 Å². The van der Waals surface area contributed by atoms with E-state index < -0.39 is 17.6 Å². The highest BCUT2D eigenvalue weighted by molar-refractivity contribution is 6.00. The molecule has 4 atom stereocenters. The second-order valence-corrected chi connectivity index (χ2v) is 13.6. The Morgan fingerprint density at radius 1 is 1.04 bits per heavy atom. The number of aryl methyl sites for hydroxylation is 3. The zero-order valence-electron chi connectivity index (χ0n) is 26.9. The number of halogens is 1. The minimum Gasteiger partial charge on any atom is -0.374 e. The van der Waals surface area contributed by atoms with Crippen LogP contribution in [0, 0.1) is 13.8 Å². The fourth-order valence-electron chi connectivity index (χ4n) is 7.68. The van der Waals surface area contributed by atoms with Crippen molar-refractivity contribution in [2.45, 2.75) is 75.7 Å². The van der Waals surface area contributed by atoms with Crippen molar-refractivity contribution in [3.63, 3.8) is 0 Å². The highest BCUT2D eigenvalue weighted by Gasteiger charge is 2.52. The Labute approximate surface area is 273 Å². The van der Waals surface area contributed by atoms with Crippen molar-refractivity contribution in [2.24, 2.45) is 7.05 Å². The number of fused-ring (bicyclic) bond motifs is 3. The number of ether oxygens (including phenoxy) is 1. The van der Waals surface area contributed by atoms with Gasteiger partial charge in [0.15, 0.2) is 5.67 Å². The molecule has 2 N–H and O–H groups in total. The van der Waals surface area contributed by atoms with E-state index in [1.165, 1.54) is 0 Å². The molecule has 47 heavy (non-hydrogen) atoms. The predicted molar refractivity (Wildman–Crippen MR) is 178 cm³/mol. The van der Waals surface area contributed by atoms with Gasteiger partial charge < -0.3 is 20.3 Å². The molecule has 0 radical (unpaired) electrons. The molecular weight excluding hydrogens is 595 g/mol. The predicted octanol–water partition coefficient (Wildman–Crippen LogP) is 5.40. The van der Waals surface area contributed by atoms with Gasteiger partial charge in [-0.1, -0.05) is 30.3 Å². The third-order valence-corrected chi connectivity index (χ3v) is 10.6. The van der Waals surface area contributed by atoms with E-state index in [1.807, 2.05) is 62.1 Å². The van der Waals surface area contributed by atoms with Gasteiger partial charge in [0.2, 0.25) is 5.91 Å². The van der Waals surface area contributed by atoms with Crippen molar-refractivity contribution >= 4 is 23.3 Å². The number of benzene rings is 2. The number of aromatic nitrogens is 3. The number of anilines is 2. The Morgan fingerprint density at radius 3 is 2.49 bits per heavy atom. The second kappa shape index (κ2) is 11.3. The van der Waals surface area contributed by atoms with Crippen molar-refractivity contribution in [3.8, 4) is 22.3 Å². The molecule has 0 spiro atoms. The summed E-state index contributed by atoms with van der Waals surface area (Å²) >= 11 is 0. The van der Waals surface area contributed by atoms with Crippen molar-refractivity contribution in [2.75, 3.05) is 23.4 Å².